The smallest absolute Gasteiger partial charge is 0.00753 e. The van der Waals surface area contributed by atoms with E-state index < -0.39 is 0 Å². The van der Waals surface area contributed by atoms with Crippen LogP contribution in [0.3, 0.4) is 0 Å². The Kier molecular flexibility index (Phi) is 9.40. The van der Waals surface area contributed by atoms with Crippen molar-refractivity contribution >= 4 is 11.8 Å². The molecule has 0 N–H and O–H groups in total. The molecule has 0 aromatic rings. The molecule has 74 valence electrons. The van der Waals surface area contributed by atoms with E-state index in [2.05, 4.69) is 40.0 Å². The third-order valence-corrected chi connectivity index (χ3v) is 2.57. The van der Waals surface area contributed by atoms with Crippen LogP contribution in [0.2, 0.25) is 0 Å². The van der Waals surface area contributed by atoms with Gasteiger partial charge in [0.1, 0.15) is 0 Å². The molecule has 12 heavy (non-hydrogen) atoms. The average molecular weight is 188 g/mol. The van der Waals surface area contributed by atoms with Crippen LogP contribution in [0.15, 0.2) is 11.0 Å². The van der Waals surface area contributed by atoms with Gasteiger partial charge in [-0.2, -0.15) is 0 Å². The maximum Gasteiger partial charge on any atom is -0.00753 e. The monoisotopic (exact) mass is 188 g/mol. The van der Waals surface area contributed by atoms with Crippen LogP contribution >= 0.6 is 11.8 Å². The van der Waals surface area contributed by atoms with Crippen molar-refractivity contribution < 1.29 is 0 Å². The lowest BCUT2D eigenvalue weighted by Crippen LogP contribution is -2.05. The van der Waals surface area contributed by atoms with Crippen molar-refractivity contribution in [3.05, 3.63) is 11.0 Å². The predicted octanol–water partition coefficient (Wildman–Crippen LogP) is 4.72. The molecule has 0 aliphatic rings. The maximum atomic E-state index is 2.31. The van der Waals surface area contributed by atoms with Crippen LogP contribution in [-0.4, -0.2) is 6.26 Å². The molecule has 0 amide bonds. The maximum absolute atomic E-state index is 2.31. The Bertz CT molecular complexity index is 117. The topological polar surface area (TPSA) is 0 Å². The second kappa shape index (κ2) is 7.72. The Balaban J connectivity index is 0. The normalized spacial score (nSPS) is 12.1. The van der Waals surface area contributed by atoms with Gasteiger partial charge < -0.3 is 0 Å². The van der Waals surface area contributed by atoms with Crippen molar-refractivity contribution in [3.63, 3.8) is 0 Å². The van der Waals surface area contributed by atoms with E-state index in [0.717, 1.165) is 6.42 Å². The van der Waals surface area contributed by atoms with Crippen LogP contribution in [0.25, 0.3) is 0 Å². The molecule has 0 atom stereocenters. The Hall–Kier alpha value is 0.0900. The molecule has 0 spiro atoms. The van der Waals surface area contributed by atoms with Crippen LogP contribution in [0.1, 0.15) is 48.0 Å². The van der Waals surface area contributed by atoms with Crippen molar-refractivity contribution in [2.45, 2.75) is 48.0 Å². The summed E-state index contributed by atoms with van der Waals surface area (Å²) in [5.74, 6) is 0. The number of thioether (sulfide) groups is 1. The minimum absolute atomic E-state index is 0.343. The molecule has 0 aromatic carbocycles. The van der Waals surface area contributed by atoms with Gasteiger partial charge in [0, 0.05) is 0 Å². The Morgan fingerprint density at radius 1 is 1.25 bits per heavy atom. The molecule has 0 heterocycles. The summed E-state index contributed by atoms with van der Waals surface area (Å²) >= 11 is 1.86. The SMILES string of the molecule is CC.CC/C=C(\SC)C(C)(C)C. The summed E-state index contributed by atoms with van der Waals surface area (Å²) < 4.78 is 0. The molecule has 0 aliphatic carbocycles. The first-order chi connectivity index (χ1) is 5.52. The quantitative estimate of drug-likeness (QED) is 0.604. The van der Waals surface area contributed by atoms with E-state index in [9.17, 15) is 0 Å². The van der Waals surface area contributed by atoms with Crippen molar-refractivity contribution in [1.29, 1.82) is 0 Å². The fraction of sp³-hybridized carbons (Fsp3) is 0.818. The van der Waals surface area contributed by atoms with Gasteiger partial charge >= 0.3 is 0 Å². The number of rotatable bonds is 2. The third kappa shape index (κ3) is 6.78. The molecule has 0 aliphatic heterocycles. The van der Waals surface area contributed by atoms with Gasteiger partial charge in [-0.25, -0.2) is 0 Å². The molecular weight excluding hydrogens is 164 g/mol. The van der Waals surface area contributed by atoms with Gasteiger partial charge in [0.2, 0.25) is 0 Å². The molecule has 0 saturated heterocycles. The van der Waals surface area contributed by atoms with Gasteiger partial charge in [-0.3, -0.25) is 0 Å². The van der Waals surface area contributed by atoms with Crippen molar-refractivity contribution in [2.75, 3.05) is 6.26 Å². The van der Waals surface area contributed by atoms with Crippen LogP contribution in [0.5, 0.6) is 0 Å². The average Bonchev–Trinajstić information content (AvgIpc) is 2.02. The second-order valence-corrected chi connectivity index (χ2v) is 4.28. The van der Waals surface area contributed by atoms with E-state index in [4.69, 9.17) is 0 Å². The summed E-state index contributed by atoms with van der Waals surface area (Å²) in [6.45, 7) is 12.9. The highest BCUT2D eigenvalue weighted by Crippen LogP contribution is 2.32. The van der Waals surface area contributed by atoms with Crippen molar-refractivity contribution in [1.82, 2.24) is 0 Å². The fourth-order valence-corrected chi connectivity index (χ4v) is 1.83. The standard InChI is InChI=1S/C9H18S.C2H6/c1-6-7-8(10-5)9(2,3)4;1-2/h7H,6H2,1-5H3;1-2H3/b8-7-;. The molecule has 0 fully saturated rings. The van der Waals surface area contributed by atoms with Gasteiger partial charge in [-0.1, -0.05) is 47.6 Å². The minimum atomic E-state index is 0.343. The van der Waals surface area contributed by atoms with E-state index in [1.54, 1.807) is 0 Å². The molecule has 0 bridgehead atoms. The first kappa shape index (κ1) is 14.6. The first-order valence-corrected chi connectivity index (χ1v) is 5.99. The Morgan fingerprint density at radius 2 is 1.67 bits per heavy atom. The Morgan fingerprint density at radius 3 is 1.75 bits per heavy atom. The van der Waals surface area contributed by atoms with Crippen LogP contribution in [0.4, 0.5) is 0 Å². The molecule has 0 unspecified atom stereocenters. The summed E-state index contributed by atoms with van der Waals surface area (Å²) in [5.41, 5.74) is 0.343. The summed E-state index contributed by atoms with van der Waals surface area (Å²) in [6.07, 6.45) is 5.60. The molecule has 0 rings (SSSR count). The Labute approximate surface area is 82.8 Å². The second-order valence-electron chi connectivity index (χ2n) is 3.43. The van der Waals surface area contributed by atoms with Crippen LogP contribution in [0, 0.1) is 5.41 Å². The van der Waals surface area contributed by atoms with Gasteiger partial charge in [0.05, 0.1) is 0 Å². The van der Waals surface area contributed by atoms with Gasteiger partial charge in [-0.15, -0.1) is 11.8 Å². The highest BCUT2D eigenvalue weighted by molar-refractivity contribution is 8.02. The van der Waals surface area contributed by atoms with Crippen molar-refractivity contribution in [2.24, 2.45) is 5.41 Å². The highest BCUT2D eigenvalue weighted by Gasteiger charge is 2.14. The fourth-order valence-electron chi connectivity index (χ4n) is 0.881. The third-order valence-electron chi connectivity index (χ3n) is 1.35. The zero-order valence-electron chi connectivity index (χ0n) is 9.69. The molecule has 0 nitrogen and oxygen atoms in total. The summed E-state index contributed by atoms with van der Waals surface area (Å²) in [5, 5.41) is 0. The molecule has 1 heteroatoms. The van der Waals surface area contributed by atoms with Crippen LogP contribution in [-0.2, 0) is 0 Å². The van der Waals surface area contributed by atoms with E-state index in [1.807, 2.05) is 25.6 Å². The lowest BCUT2D eigenvalue weighted by atomic mass is 9.95. The largest absolute Gasteiger partial charge is 0.134 e. The molecule has 0 radical (unpaired) electrons. The minimum Gasteiger partial charge on any atom is -0.134 e. The summed E-state index contributed by atoms with van der Waals surface area (Å²) in [4.78, 5) is 1.50. The van der Waals surface area contributed by atoms with Crippen molar-refractivity contribution in [3.8, 4) is 0 Å². The van der Waals surface area contributed by atoms with E-state index >= 15 is 0 Å². The first-order valence-electron chi connectivity index (χ1n) is 4.77. The van der Waals surface area contributed by atoms with E-state index in [1.165, 1.54) is 4.91 Å². The van der Waals surface area contributed by atoms with Crippen LogP contribution < -0.4 is 0 Å². The molecule has 0 aromatic heterocycles. The molecule has 0 saturated carbocycles. The summed E-state index contributed by atoms with van der Waals surface area (Å²) in [7, 11) is 0. The lowest BCUT2D eigenvalue weighted by Gasteiger charge is -2.20. The lowest BCUT2D eigenvalue weighted by molar-refractivity contribution is 0.531. The van der Waals surface area contributed by atoms with E-state index in [0.29, 0.717) is 5.41 Å². The number of hydrogen-bond donors (Lipinski definition) is 0. The van der Waals surface area contributed by atoms with Gasteiger partial charge in [-0.05, 0) is 23.0 Å². The van der Waals surface area contributed by atoms with Gasteiger partial charge in [0.25, 0.3) is 0 Å². The number of allylic oxidation sites excluding steroid dienone is 2. The summed E-state index contributed by atoms with van der Waals surface area (Å²) in [6, 6.07) is 0. The molecular formula is C11H24S. The zero-order chi connectivity index (χ0) is 10.2. The predicted molar refractivity (Wildman–Crippen MR) is 62.7 cm³/mol. The highest BCUT2D eigenvalue weighted by atomic mass is 32.2. The number of hydrogen-bond acceptors (Lipinski definition) is 1. The zero-order valence-corrected chi connectivity index (χ0v) is 10.5. The van der Waals surface area contributed by atoms with E-state index in [-0.39, 0.29) is 0 Å². The van der Waals surface area contributed by atoms with Gasteiger partial charge in [0.15, 0.2) is 0 Å².